The Bertz CT molecular complexity index is 188. The second kappa shape index (κ2) is 13.3. The van der Waals surface area contributed by atoms with Gasteiger partial charge in [0.05, 0.1) is 0 Å². The van der Waals surface area contributed by atoms with Crippen molar-refractivity contribution in [2.45, 2.75) is 26.2 Å². The molecule has 0 unspecified atom stereocenters. The molecule has 0 bridgehead atoms. The first-order valence-corrected chi connectivity index (χ1v) is 5.90. The molecule has 0 radical (unpaired) electrons. The number of hydrogen-bond acceptors (Lipinski definition) is 0. The van der Waals surface area contributed by atoms with Crippen molar-refractivity contribution >= 4 is 41.0 Å². The third kappa shape index (κ3) is 12.3. The monoisotopic (exact) mass is 296 g/mol. The van der Waals surface area contributed by atoms with Gasteiger partial charge in [-0.1, -0.05) is 53.9 Å². The molecule has 0 aliphatic rings. The number of hydrogen-bond donors (Lipinski definition) is 0. The van der Waals surface area contributed by atoms with E-state index in [2.05, 4.69) is 22.9 Å². The Morgan fingerprint density at radius 2 is 1.71 bits per heavy atom. The highest BCUT2D eigenvalue weighted by atomic mass is 79.9. The lowest BCUT2D eigenvalue weighted by molar-refractivity contribution is 0.776. The van der Waals surface area contributed by atoms with E-state index in [1.807, 2.05) is 30.3 Å². The number of unbranched alkanes of at least 4 members (excludes halogenated alkanes) is 2. The van der Waals surface area contributed by atoms with Crippen LogP contribution in [-0.4, -0.2) is 5.88 Å². The average molecular weight is 298 g/mol. The van der Waals surface area contributed by atoms with Gasteiger partial charge in [-0.2, -0.15) is 13.5 Å². The highest BCUT2D eigenvalue weighted by Crippen LogP contribution is 2.05. The van der Waals surface area contributed by atoms with E-state index >= 15 is 0 Å². The van der Waals surface area contributed by atoms with Crippen molar-refractivity contribution in [2.24, 2.45) is 0 Å². The van der Waals surface area contributed by atoms with Crippen LogP contribution in [-0.2, 0) is 0 Å². The Morgan fingerprint density at radius 1 is 1.14 bits per heavy atom. The first-order valence-electron chi connectivity index (χ1n) is 4.57. The Morgan fingerprint density at radius 3 is 1.93 bits per heavy atom. The first-order chi connectivity index (χ1) is 6.31. The molecule has 14 heavy (non-hydrogen) atoms. The van der Waals surface area contributed by atoms with E-state index in [4.69, 9.17) is 11.6 Å². The molecule has 0 fully saturated rings. The van der Waals surface area contributed by atoms with Crippen molar-refractivity contribution in [3.63, 3.8) is 0 Å². The molecule has 1 aromatic carbocycles. The summed E-state index contributed by atoms with van der Waals surface area (Å²) in [4.78, 5) is 0. The summed E-state index contributed by atoms with van der Waals surface area (Å²) in [6.07, 6.45) is 3.73. The van der Waals surface area contributed by atoms with Gasteiger partial charge in [-0.3, -0.25) is 0 Å². The maximum atomic E-state index is 5.38. The third-order valence-corrected chi connectivity index (χ3v) is 2.27. The maximum Gasteiger partial charge on any atom is 0.0223 e. The summed E-state index contributed by atoms with van der Waals surface area (Å²) < 4.78 is 1.13. The van der Waals surface area contributed by atoms with Crippen LogP contribution in [0.5, 0.6) is 0 Å². The summed E-state index contributed by atoms with van der Waals surface area (Å²) in [5.41, 5.74) is 0. The van der Waals surface area contributed by atoms with Gasteiger partial charge in [-0.15, -0.1) is 11.6 Å². The van der Waals surface area contributed by atoms with Crippen molar-refractivity contribution in [3.8, 4) is 0 Å². The molecule has 0 aliphatic heterocycles. The SMILES string of the molecule is Brc1ccccc1.CCCCCCl.S. The summed E-state index contributed by atoms with van der Waals surface area (Å²) >= 11 is 8.69. The molecule has 1 rings (SSSR count). The molecule has 0 nitrogen and oxygen atoms in total. The normalized spacial score (nSPS) is 8.21. The van der Waals surface area contributed by atoms with Crippen molar-refractivity contribution < 1.29 is 0 Å². The molecule has 1 aromatic rings. The molecule has 0 spiro atoms. The summed E-state index contributed by atoms with van der Waals surface area (Å²) in [6, 6.07) is 9.97. The van der Waals surface area contributed by atoms with Gasteiger partial charge in [0.25, 0.3) is 0 Å². The second-order valence-electron chi connectivity index (χ2n) is 2.69. The average Bonchev–Trinajstić information content (AvgIpc) is 2.17. The highest BCUT2D eigenvalue weighted by Gasteiger charge is 1.77. The third-order valence-electron chi connectivity index (χ3n) is 1.47. The van der Waals surface area contributed by atoms with E-state index in [9.17, 15) is 0 Å². The minimum Gasteiger partial charge on any atom is -0.197 e. The smallest absolute Gasteiger partial charge is 0.0223 e. The minimum absolute atomic E-state index is 0. The predicted octanol–water partition coefficient (Wildman–Crippen LogP) is 4.98. The fourth-order valence-electron chi connectivity index (χ4n) is 0.759. The van der Waals surface area contributed by atoms with E-state index in [1.54, 1.807) is 0 Å². The molecular formula is C11H18BrClS. The fraction of sp³-hybridized carbons (Fsp3) is 0.455. The Labute approximate surface area is 108 Å². The van der Waals surface area contributed by atoms with Crippen molar-refractivity contribution in [2.75, 3.05) is 5.88 Å². The molecule has 0 amide bonds. The largest absolute Gasteiger partial charge is 0.197 e. The molecule has 0 saturated carbocycles. The van der Waals surface area contributed by atoms with E-state index < -0.39 is 0 Å². The van der Waals surface area contributed by atoms with Gasteiger partial charge in [0.1, 0.15) is 0 Å². The zero-order valence-electron chi connectivity index (χ0n) is 8.47. The lowest BCUT2D eigenvalue weighted by Gasteiger charge is -1.84. The lowest BCUT2D eigenvalue weighted by atomic mass is 10.3. The number of halogens is 2. The Balaban J connectivity index is 0. The summed E-state index contributed by atoms with van der Waals surface area (Å²) in [6.45, 7) is 2.17. The fourth-order valence-corrected chi connectivity index (χ4v) is 1.25. The van der Waals surface area contributed by atoms with Crippen LogP contribution in [0, 0.1) is 0 Å². The maximum absolute atomic E-state index is 5.38. The molecule has 0 heterocycles. The summed E-state index contributed by atoms with van der Waals surface area (Å²) in [7, 11) is 0. The molecule has 0 aromatic heterocycles. The van der Waals surface area contributed by atoms with Crippen molar-refractivity contribution in [1.29, 1.82) is 0 Å². The number of alkyl halides is 1. The molecule has 0 atom stereocenters. The summed E-state index contributed by atoms with van der Waals surface area (Å²) in [5, 5.41) is 0. The van der Waals surface area contributed by atoms with E-state index in [0.29, 0.717) is 0 Å². The van der Waals surface area contributed by atoms with Gasteiger partial charge in [0.15, 0.2) is 0 Å². The first kappa shape index (κ1) is 16.8. The van der Waals surface area contributed by atoms with Gasteiger partial charge in [-0.25, -0.2) is 0 Å². The van der Waals surface area contributed by atoms with Crippen molar-refractivity contribution in [3.05, 3.63) is 34.8 Å². The topological polar surface area (TPSA) is 0 Å². The number of rotatable bonds is 3. The van der Waals surface area contributed by atoms with Crippen LogP contribution in [0.1, 0.15) is 26.2 Å². The molecule has 0 saturated heterocycles. The molecule has 0 N–H and O–H groups in total. The van der Waals surface area contributed by atoms with Gasteiger partial charge >= 0.3 is 0 Å². The standard InChI is InChI=1S/C6H5Br.C5H11Cl.H2S/c7-6-4-2-1-3-5-6;1-2-3-4-5-6;/h1-5H;2-5H2,1H3;1H2. The van der Waals surface area contributed by atoms with Crippen molar-refractivity contribution in [1.82, 2.24) is 0 Å². The van der Waals surface area contributed by atoms with Crippen LogP contribution in [0.2, 0.25) is 0 Å². The molecule has 3 heteroatoms. The molecule has 0 aliphatic carbocycles. The van der Waals surface area contributed by atoms with Gasteiger partial charge in [0.2, 0.25) is 0 Å². The summed E-state index contributed by atoms with van der Waals surface area (Å²) in [5.74, 6) is 0.827. The Kier molecular flexibility index (Phi) is 16.0. The van der Waals surface area contributed by atoms with Crippen LogP contribution in [0.25, 0.3) is 0 Å². The van der Waals surface area contributed by atoms with E-state index in [-0.39, 0.29) is 13.5 Å². The number of benzene rings is 1. The van der Waals surface area contributed by atoms with Gasteiger partial charge in [-0.05, 0) is 18.6 Å². The van der Waals surface area contributed by atoms with Gasteiger partial charge < -0.3 is 0 Å². The van der Waals surface area contributed by atoms with E-state index in [0.717, 1.165) is 10.4 Å². The highest BCUT2D eigenvalue weighted by molar-refractivity contribution is 9.10. The van der Waals surface area contributed by atoms with E-state index in [1.165, 1.54) is 19.3 Å². The Hall–Kier alpha value is 0.340. The van der Waals surface area contributed by atoms with Crippen LogP contribution in [0.3, 0.4) is 0 Å². The zero-order chi connectivity index (χ0) is 9.94. The van der Waals surface area contributed by atoms with Crippen LogP contribution in [0.4, 0.5) is 0 Å². The second-order valence-corrected chi connectivity index (χ2v) is 3.99. The van der Waals surface area contributed by atoms with Gasteiger partial charge in [0, 0.05) is 10.4 Å². The van der Waals surface area contributed by atoms with Crippen LogP contribution < -0.4 is 0 Å². The predicted molar refractivity (Wildman–Crippen MR) is 74.8 cm³/mol. The lowest BCUT2D eigenvalue weighted by Crippen LogP contribution is -1.70. The van der Waals surface area contributed by atoms with Crippen LogP contribution >= 0.6 is 41.0 Å². The van der Waals surface area contributed by atoms with Crippen LogP contribution in [0.15, 0.2) is 34.8 Å². The zero-order valence-corrected chi connectivity index (χ0v) is 11.8. The molecular weight excluding hydrogens is 280 g/mol. The molecule has 82 valence electrons. The quantitative estimate of drug-likeness (QED) is 0.545. The minimum atomic E-state index is 0.